The Morgan fingerprint density at radius 2 is 1.75 bits per heavy atom. The molecule has 0 amide bonds. The van der Waals surface area contributed by atoms with Gasteiger partial charge in [-0.1, -0.05) is 45.7 Å². The van der Waals surface area contributed by atoms with Crippen molar-refractivity contribution in [3.05, 3.63) is 29.3 Å². The van der Waals surface area contributed by atoms with Crippen molar-refractivity contribution >= 4 is 7.60 Å². The average molecular weight is 298 g/mol. The van der Waals surface area contributed by atoms with Gasteiger partial charge in [-0.25, -0.2) is 4.57 Å². The van der Waals surface area contributed by atoms with Crippen LogP contribution in [0.5, 0.6) is 5.75 Å². The normalized spacial score (nSPS) is 14.0. The van der Waals surface area contributed by atoms with Crippen LogP contribution in [0.15, 0.2) is 18.2 Å². The largest absolute Gasteiger partial charge is 0.424 e. The summed E-state index contributed by atoms with van der Waals surface area (Å²) in [6, 6.07) is 5.85. The minimum atomic E-state index is -3.50. The summed E-state index contributed by atoms with van der Waals surface area (Å²) in [5.74, 6) is 0.597. The van der Waals surface area contributed by atoms with Gasteiger partial charge in [0.05, 0.1) is 6.16 Å². The summed E-state index contributed by atoms with van der Waals surface area (Å²) in [6.07, 6.45) is 6.51. The number of hydrogen-bond acceptors (Lipinski definition) is 2. The average Bonchev–Trinajstić information content (AvgIpc) is 2.43. The van der Waals surface area contributed by atoms with Gasteiger partial charge in [0.15, 0.2) is 0 Å². The third kappa shape index (κ3) is 5.30. The van der Waals surface area contributed by atoms with E-state index < -0.39 is 7.60 Å². The number of hydrogen-bond donors (Lipinski definition) is 1. The smallest absolute Gasteiger partial charge is 0.376 e. The van der Waals surface area contributed by atoms with Crippen molar-refractivity contribution in [1.82, 2.24) is 0 Å². The summed E-state index contributed by atoms with van der Waals surface area (Å²) in [4.78, 5) is 9.73. The zero-order valence-electron chi connectivity index (χ0n) is 12.9. The molecule has 1 aromatic carbocycles. The van der Waals surface area contributed by atoms with Gasteiger partial charge in [0, 0.05) is 0 Å². The van der Waals surface area contributed by atoms with E-state index in [0.29, 0.717) is 5.75 Å². The summed E-state index contributed by atoms with van der Waals surface area (Å²) < 4.78 is 17.2. The molecule has 0 radical (unpaired) electrons. The first kappa shape index (κ1) is 17.3. The van der Waals surface area contributed by atoms with Gasteiger partial charge < -0.3 is 9.42 Å². The Balaban J connectivity index is 3.04. The summed E-state index contributed by atoms with van der Waals surface area (Å²) in [7, 11) is -3.50. The van der Waals surface area contributed by atoms with Crippen LogP contribution in [0.3, 0.4) is 0 Å². The highest BCUT2D eigenvalue weighted by Gasteiger charge is 2.20. The van der Waals surface area contributed by atoms with Crippen LogP contribution < -0.4 is 4.52 Å². The maximum absolute atomic E-state index is 11.8. The van der Waals surface area contributed by atoms with Crippen molar-refractivity contribution in [2.24, 2.45) is 0 Å². The molecule has 0 aliphatic rings. The molecular formula is C16H27O3P. The van der Waals surface area contributed by atoms with Gasteiger partial charge in [-0.15, -0.1) is 0 Å². The molecule has 114 valence electrons. The van der Waals surface area contributed by atoms with Crippen LogP contribution in [-0.2, 0) is 17.4 Å². The molecule has 1 unspecified atom stereocenters. The van der Waals surface area contributed by atoms with Crippen molar-refractivity contribution in [2.45, 2.75) is 59.3 Å². The number of benzene rings is 1. The Labute approximate surface area is 122 Å². The Bertz CT molecular complexity index is 457. The standard InChI is InChI=1S/C16H27O3P/c1-4-7-10-14-11-9-13-16(15(14)12-8-5-2)19-20(17,18)6-3/h9,11,13H,4-8,10,12H2,1-3H3,(H,17,18). The molecule has 0 aromatic heterocycles. The second-order valence-electron chi connectivity index (χ2n) is 5.15. The minimum Gasteiger partial charge on any atom is -0.424 e. The fourth-order valence-electron chi connectivity index (χ4n) is 2.15. The van der Waals surface area contributed by atoms with Crippen LogP contribution in [0, 0.1) is 0 Å². The van der Waals surface area contributed by atoms with Crippen molar-refractivity contribution < 1.29 is 14.0 Å². The van der Waals surface area contributed by atoms with Gasteiger partial charge in [0.2, 0.25) is 0 Å². The molecule has 0 aliphatic heterocycles. The van der Waals surface area contributed by atoms with Crippen LogP contribution in [0.4, 0.5) is 0 Å². The van der Waals surface area contributed by atoms with Crippen molar-refractivity contribution in [3.8, 4) is 5.75 Å². The molecule has 0 bridgehead atoms. The summed E-state index contributed by atoms with van der Waals surface area (Å²) in [5, 5.41) is 0. The molecule has 1 atom stereocenters. The van der Waals surface area contributed by atoms with Crippen LogP contribution in [0.1, 0.15) is 57.6 Å². The molecule has 0 fully saturated rings. The lowest BCUT2D eigenvalue weighted by Crippen LogP contribution is -2.02. The van der Waals surface area contributed by atoms with Crippen LogP contribution in [-0.4, -0.2) is 11.1 Å². The van der Waals surface area contributed by atoms with Gasteiger partial charge in [-0.3, -0.25) is 0 Å². The molecule has 1 aromatic rings. The molecule has 4 heteroatoms. The monoisotopic (exact) mass is 298 g/mol. The summed E-state index contributed by atoms with van der Waals surface area (Å²) in [5.41, 5.74) is 2.37. The lowest BCUT2D eigenvalue weighted by molar-refractivity contribution is 0.379. The van der Waals surface area contributed by atoms with E-state index in [2.05, 4.69) is 19.9 Å². The fraction of sp³-hybridized carbons (Fsp3) is 0.625. The maximum atomic E-state index is 11.8. The molecule has 1 N–H and O–H groups in total. The molecule has 3 nitrogen and oxygen atoms in total. The zero-order valence-corrected chi connectivity index (χ0v) is 13.8. The highest BCUT2D eigenvalue weighted by atomic mass is 31.2. The van der Waals surface area contributed by atoms with E-state index in [1.807, 2.05) is 12.1 Å². The van der Waals surface area contributed by atoms with Gasteiger partial charge >= 0.3 is 7.60 Å². The highest BCUT2D eigenvalue weighted by molar-refractivity contribution is 7.53. The van der Waals surface area contributed by atoms with E-state index in [9.17, 15) is 9.46 Å². The topological polar surface area (TPSA) is 46.5 Å². The lowest BCUT2D eigenvalue weighted by atomic mass is 9.97. The molecule has 0 heterocycles. The molecule has 1 rings (SSSR count). The maximum Gasteiger partial charge on any atom is 0.376 e. The quantitative estimate of drug-likeness (QED) is 0.656. The number of unbranched alkanes of at least 4 members (excludes halogenated alkanes) is 2. The second-order valence-corrected chi connectivity index (χ2v) is 7.24. The Morgan fingerprint density at radius 3 is 2.35 bits per heavy atom. The van der Waals surface area contributed by atoms with Gasteiger partial charge in [-0.05, 0) is 42.9 Å². The predicted octanol–water partition coefficient (Wildman–Crippen LogP) is 4.96. The van der Waals surface area contributed by atoms with Crippen molar-refractivity contribution in [3.63, 3.8) is 0 Å². The van der Waals surface area contributed by atoms with Crippen LogP contribution in [0.25, 0.3) is 0 Å². The Hall–Kier alpha value is -0.790. The van der Waals surface area contributed by atoms with Crippen LogP contribution in [0.2, 0.25) is 0 Å². The third-order valence-electron chi connectivity index (χ3n) is 3.45. The summed E-state index contributed by atoms with van der Waals surface area (Å²) in [6.45, 7) is 6.00. The zero-order chi connectivity index (χ0) is 15.0. The molecule has 0 saturated carbocycles. The first-order valence-corrected chi connectivity index (χ1v) is 9.42. The number of rotatable bonds is 9. The van der Waals surface area contributed by atoms with Crippen molar-refractivity contribution in [2.75, 3.05) is 6.16 Å². The molecule has 0 saturated heterocycles. The first-order valence-electron chi connectivity index (χ1n) is 7.66. The highest BCUT2D eigenvalue weighted by Crippen LogP contribution is 2.44. The molecule has 0 spiro atoms. The van der Waals surface area contributed by atoms with Gasteiger partial charge in [0.25, 0.3) is 0 Å². The van der Waals surface area contributed by atoms with E-state index in [-0.39, 0.29) is 6.16 Å². The predicted molar refractivity (Wildman–Crippen MR) is 84.7 cm³/mol. The fourth-order valence-corrected chi connectivity index (χ4v) is 2.76. The van der Waals surface area contributed by atoms with E-state index >= 15 is 0 Å². The van der Waals surface area contributed by atoms with E-state index in [1.54, 1.807) is 6.92 Å². The third-order valence-corrected chi connectivity index (χ3v) is 4.73. The lowest BCUT2D eigenvalue weighted by Gasteiger charge is -2.18. The Kier molecular flexibility index (Phi) is 7.32. The first-order chi connectivity index (χ1) is 9.54. The SMILES string of the molecule is CCCCc1cccc(OP(=O)(O)CC)c1CCCC. The van der Waals surface area contributed by atoms with E-state index in [1.165, 1.54) is 5.56 Å². The number of aryl methyl sites for hydroxylation is 1. The summed E-state index contributed by atoms with van der Waals surface area (Å²) >= 11 is 0. The van der Waals surface area contributed by atoms with Crippen molar-refractivity contribution in [1.29, 1.82) is 0 Å². The van der Waals surface area contributed by atoms with Gasteiger partial charge in [-0.2, -0.15) is 0 Å². The van der Waals surface area contributed by atoms with E-state index in [4.69, 9.17) is 4.52 Å². The van der Waals surface area contributed by atoms with E-state index in [0.717, 1.165) is 44.1 Å². The molecule has 0 aliphatic carbocycles. The van der Waals surface area contributed by atoms with Crippen LogP contribution >= 0.6 is 7.60 Å². The Morgan fingerprint density at radius 1 is 1.10 bits per heavy atom. The second kappa shape index (κ2) is 8.49. The molecular weight excluding hydrogens is 271 g/mol. The minimum absolute atomic E-state index is 0.138. The van der Waals surface area contributed by atoms with Gasteiger partial charge in [0.1, 0.15) is 5.75 Å². The molecule has 20 heavy (non-hydrogen) atoms.